The SMILES string of the molecule is C=CCCOc1cccc(Cl)c1CNCCOC. The molecule has 0 amide bonds. The number of rotatable bonds is 9. The molecule has 0 aliphatic carbocycles. The van der Waals surface area contributed by atoms with E-state index in [1.165, 1.54) is 0 Å². The summed E-state index contributed by atoms with van der Waals surface area (Å²) in [5, 5.41) is 3.98. The van der Waals surface area contributed by atoms with E-state index < -0.39 is 0 Å². The number of hydrogen-bond donors (Lipinski definition) is 1. The number of ether oxygens (including phenoxy) is 2. The van der Waals surface area contributed by atoms with Gasteiger partial charge in [0.25, 0.3) is 0 Å². The molecule has 1 N–H and O–H groups in total. The minimum Gasteiger partial charge on any atom is -0.493 e. The number of nitrogens with one attached hydrogen (secondary N) is 1. The van der Waals surface area contributed by atoms with Gasteiger partial charge >= 0.3 is 0 Å². The molecule has 3 nitrogen and oxygen atoms in total. The Labute approximate surface area is 114 Å². The summed E-state index contributed by atoms with van der Waals surface area (Å²) < 4.78 is 10.7. The van der Waals surface area contributed by atoms with Crippen molar-refractivity contribution in [1.82, 2.24) is 5.32 Å². The highest BCUT2D eigenvalue weighted by atomic mass is 35.5. The van der Waals surface area contributed by atoms with Crippen LogP contribution in [0.5, 0.6) is 5.75 Å². The summed E-state index contributed by atoms with van der Waals surface area (Å²) in [6.07, 6.45) is 2.66. The number of hydrogen-bond acceptors (Lipinski definition) is 3. The number of halogens is 1. The summed E-state index contributed by atoms with van der Waals surface area (Å²) in [6.45, 7) is 6.43. The van der Waals surface area contributed by atoms with Crippen LogP contribution in [0.25, 0.3) is 0 Å². The van der Waals surface area contributed by atoms with Crippen LogP contribution in [0.2, 0.25) is 5.02 Å². The standard InChI is InChI=1S/C14H20ClNO2/c1-3-4-9-18-14-7-5-6-13(15)12(14)11-16-8-10-17-2/h3,5-7,16H,1,4,8-11H2,2H3. The van der Waals surface area contributed by atoms with E-state index in [0.29, 0.717) is 19.8 Å². The Morgan fingerprint density at radius 2 is 2.22 bits per heavy atom. The molecule has 0 aliphatic heterocycles. The van der Waals surface area contributed by atoms with E-state index in [4.69, 9.17) is 21.1 Å². The van der Waals surface area contributed by atoms with E-state index in [2.05, 4.69) is 11.9 Å². The van der Waals surface area contributed by atoms with Crippen molar-refractivity contribution in [1.29, 1.82) is 0 Å². The summed E-state index contributed by atoms with van der Waals surface area (Å²) >= 11 is 6.18. The molecule has 0 heterocycles. The lowest BCUT2D eigenvalue weighted by molar-refractivity contribution is 0.199. The van der Waals surface area contributed by atoms with Crippen LogP contribution in [0, 0.1) is 0 Å². The molecule has 0 radical (unpaired) electrons. The molecule has 0 fully saturated rings. The van der Waals surface area contributed by atoms with E-state index in [0.717, 1.165) is 29.3 Å². The normalized spacial score (nSPS) is 10.3. The van der Waals surface area contributed by atoms with Crippen molar-refractivity contribution >= 4 is 11.6 Å². The van der Waals surface area contributed by atoms with Gasteiger partial charge in [-0.05, 0) is 18.6 Å². The lowest BCUT2D eigenvalue weighted by atomic mass is 10.2. The second kappa shape index (κ2) is 8.97. The van der Waals surface area contributed by atoms with Crippen LogP contribution in [-0.4, -0.2) is 26.9 Å². The fourth-order valence-electron chi connectivity index (χ4n) is 1.49. The summed E-state index contributed by atoms with van der Waals surface area (Å²) in [7, 11) is 1.68. The van der Waals surface area contributed by atoms with Gasteiger partial charge in [-0.2, -0.15) is 0 Å². The lowest BCUT2D eigenvalue weighted by Crippen LogP contribution is -2.19. The predicted octanol–water partition coefficient (Wildman–Crippen LogP) is 3.03. The van der Waals surface area contributed by atoms with Gasteiger partial charge in [-0.15, -0.1) is 6.58 Å². The zero-order valence-corrected chi connectivity index (χ0v) is 11.5. The minimum atomic E-state index is 0.620. The lowest BCUT2D eigenvalue weighted by Gasteiger charge is -2.13. The third kappa shape index (κ3) is 5.08. The van der Waals surface area contributed by atoms with Crippen molar-refractivity contribution in [2.45, 2.75) is 13.0 Å². The number of benzene rings is 1. The second-order valence-corrected chi connectivity index (χ2v) is 4.22. The van der Waals surface area contributed by atoms with Gasteiger partial charge in [0, 0.05) is 30.8 Å². The smallest absolute Gasteiger partial charge is 0.125 e. The second-order valence-electron chi connectivity index (χ2n) is 3.81. The van der Waals surface area contributed by atoms with Crippen LogP contribution in [0.1, 0.15) is 12.0 Å². The Morgan fingerprint density at radius 1 is 1.39 bits per heavy atom. The summed E-state index contributed by atoms with van der Waals surface area (Å²) in [5.74, 6) is 0.828. The van der Waals surface area contributed by atoms with Gasteiger partial charge in [0.1, 0.15) is 5.75 Å². The Kier molecular flexibility index (Phi) is 7.49. The van der Waals surface area contributed by atoms with E-state index >= 15 is 0 Å². The average Bonchev–Trinajstić information content (AvgIpc) is 2.37. The Hall–Kier alpha value is -1.03. The fourth-order valence-corrected chi connectivity index (χ4v) is 1.72. The van der Waals surface area contributed by atoms with Crippen molar-refractivity contribution in [3.8, 4) is 5.75 Å². The predicted molar refractivity (Wildman–Crippen MR) is 75.3 cm³/mol. The van der Waals surface area contributed by atoms with Gasteiger partial charge in [0.15, 0.2) is 0 Å². The molecule has 0 saturated carbocycles. The van der Waals surface area contributed by atoms with E-state index in [9.17, 15) is 0 Å². The first-order chi connectivity index (χ1) is 8.79. The van der Waals surface area contributed by atoms with Crippen molar-refractivity contribution < 1.29 is 9.47 Å². The topological polar surface area (TPSA) is 30.5 Å². The molecule has 0 aromatic heterocycles. The molecule has 0 aliphatic rings. The van der Waals surface area contributed by atoms with Crippen molar-refractivity contribution in [3.05, 3.63) is 41.4 Å². The van der Waals surface area contributed by atoms with Gasteiger partial charge in [-0.3, -0.25) is 0 Å². The van der Waals surface area contributed by atoms with E-state index in [1.807, 2.05) is 24.3 Å². The molecule has 100 valence electrons. The fraction of sp³-hybridized carbons (Fsp3) is 0.429. The molecule has 0 saturated heterocycles. The third-order valence-electron chi connectivity index (χ3n) is 2.44. The zero-order chi connectivity index (χ0) is 13.2. The summed E-state index contributed by atoms with van der Waals surface area (Å²) in [6, 6.07) is 5.70. The van der Waals surface area contributed by atoms with Crippen molar-refractivity contribution in [3.63, 3.8) is 0 Å². The van der Waals surface area contributed by atoms with Gasteiger partial charge in [-0.1, -0.05) is 23.7 Å². The van der Waals surface area contributed by atoms with Gasteiger partial charge in [0.2, 0.25) is 0 Å². The van der Waals surface area contributed by atoms with Gasteiger partial charge in [0.05, 0.1) is 13.2 Å². The van der Waals surface area contributed by atoms with Crippen molar-refractivity contribution in [2.75, 3.05) is 26.9 Å². The van der Waals surface area contributed by atoms with Crippen LogP contribution in [0.4, 0.5) is 0 Å². The Morgan fingerprint density at radius 3 is 2.94 bits per heavy atom. The van der Waals surface area contributed by atoms with E-state index in [-0.39, 0.29) is 0 Å². The van der Waals surface area contributed by atoms with Gasteiger partial charge in [-0.25, -0.2) is 0 Å². The largest absolute Gasteiger partial charge is 0.493 e. The van der Waals surface area contributed by atoms with Crippen LogP contribution in [0.15, 0.2) is 30.9 Å². The van der Waals surface area contributed by atoms with E-state index in [1.54, 1.807) is 7.11 Å². The van der Waals surface area contributed by atoms with Crippen molar-refractivity contribution in [2.24, 2.45) is 0 Å². The molecule has 0 atom stereocenters. The van der Waals surface area contributed by atoms with Crippen LogP contribution in [0.3, 0.4) is 0 Å². The Bertz CT molecular complexity index is 369. The molecule has 4 heteroatoms. The third-order valence-corrected chi connectivity index (χ3v) is 2.79. The molecule has 1 aromatic carbocycles. The highest BCUT2D eigenvalue weighted by molar-refractivity contribution is 6.31. The molecule has 1 aromatic rings. The first kappa shape index (κ1) is 15.0. The molecule has 0 bridgehead atoms. The molecule has 0 unspecified atom stereocenters. The molecule has 1 rings (SSSR count). The number of methoxy groups -OCH3 is 1. The quantitative estimate of drug-likeness (QED) is 0.552. The average molecular weight is 270 g/mol. The molecular weight excluding hydrogens is 250 g/mol. The maximum Gasteiger partial charge on any atom is 0.125 e. The zero-order valence-electron chi connectivity index (χ0n) is 10.7. The molecular formula is C14H20ClNO2. The Balaban J connectivity index is 2.58. The van der Waals surface area contributed by atoms with Gasteiger partial charge < -0.3 is 14.8 Å². The first-order valence-corrected chi connectivity index (χ1v) is 6.38. The minimum absolute atomic E-state index is 0.620. The maximum atomic E-state index is 6.18. The monoisotopic (exact) mass is 269 g/mol. The molecule has 0 spiro atoms. The first-order valence-electron chi connectivity index (χ1n) is 6.00. The van der Waals surface area contributed by atoms with Crippen LogP contribution >= 0.6 is 11.6 Å². The summed E-state index contributed by atoms with van der Waals surface area (Å²) in [5.41, 5.74) is 0.985. The van der Waals surface area contributed by atoms with Crippen LogP contribution < -0.4 is 10.1 Å². The summed E-state index contributed by atoms with van der Waals surface area (Å²) in [4.78, 5) is 0. The highest BCUT2D eigenvalue weighted by Gasteiger charge is 2.07. The van der Waals surface area contributed by atoms with Crippen LogP contribution in [-0.2, 0) is 11.3 Å². The maximum absolute atomic E-state index is 6.18. The highest BCUT2D eigenvalue weighted by Crippen LogP contribution is 2.26. The molecule has 18 heavy (non-hydrogen) atoms.